The van der Waals surface area contributed by atoms with Gasteiger partial charge in [0.25, 0.3) is 5.91 Å². The zero-order valence-electron chi connectivity index (χ0n) is 19.2. The van der Waals surface area contributed by atoms with E-state index in [0.717, 1.165) is 32.9 Å². The number of amides is 2. The van der Waals surface area contributed by atoms with Gasteiger partial charge in [0.05, 0.1) is 0 Å². The monoisotopic (exact) mass is 474 g/mol. The number of carbonyl (C=O) groups is 3. The van der Waals surface area contributed by atoms with Crippen molar-refractivity contribution in [2.24, 2.45) is 0 Å². The minimum Gasteiger partial charge on any atom is -0.479 e. The maximum Gasteiger partial charge on any atom is 0.407 e. The number of carboxylic acids is 1. The molecule has 1 aliphatic rings. The number of fused-ring (bicyclic) bond motifs is 3. The first-order valence-corrected chi connectivity index (χ1v) is 11.2. The van der Waals surface area contributed by atoms with E-state index >= 15 is 0 Å². The SMILES string of the molecule is CN(OCC(=O)O)C(=O)[C@H](Cc1ccccc1)NC(=O)OCC1c2ccccc2-c2ccccc21. The van der Waals surface area contributed by atoms with Crippen molar-refractivity contribution in [3.63, 3.8) is 0 Å². The van der Waals surface area contributed by atoms with Crippen LogP contribution < -0.4 is 5.32 Å². The highest BCUT2D eigenvalue weighted by Crippen LogP contribution is 2.44. The van der Waals surface area contributed by atoms with Crippen molar-refractivity contribution < 1.29 is 29.1 Å². The van der Waals surface area contributed by atoms with Gasteiger partial charge in [-0.1, -0.05) is 78.9 Å². The molecule has 2 amide bonds. The van der Waals surface area contributed by atoms with Gasteiger partial charge in [0.2, 0.25) is 0 Å². The van der Waals surface area contributed by atoms with Gasteiger partial charge in [0, 0.05) is 19.4 Å². The highest BCUT2D eigenvalue weighted by atomic mass is 16.7. The number of nitrogens with one attached hydrogen (secondary N) is 1. The maximum absolute atomic E-state index is 12.9. The number of hydroxylamine groups is 2. The Balaban J connectivity index is 1.45. The number of carbonyl (C=O) groups excluding carboxylic acids is 2. The lowest BCUT2D eigenvalue weighted by Crippen LogP contribution is -2.49. The molecule has 3 aromatic carbocycles. The summed E-state index contributed by atoms with van der Waals surface area (Å²) in [6.07, 6.45) is -0.558. The molecule has 8 heteroatoms. The molecule has 0 aromatic heterocycles. The van der Waals surface area contributed by atoms with Crippen molar-refractivity contribution in [1.29, 1.82) is 0 Å². The second-order valence-electron chi connectivity index (χ2n) is 8.22. The number of hydrogen-bond acceptors (Lipinski definition) is 5. The van der Waals surface area contributed by atoms with Crippen molar-refractivity contribution >= 4 is 18.0 Å². The number of hydrogen-bond donors (Lipinski definition) is 2. The highest BCUT2D eigenvalue weighted by molar-refractivity contribution is 5.85. The Morgan fingerprint density at radius 3 is 2.09 bits per heavy atom. The summed E-state index contributed by atoms with van der Waals surface area (Å²) in [6.45, 7) is -0.567. The van der Waals surface area contributed by atoms with Crippen LogP contribution in [0.15, 0.2) is 78.9 Å². The second kappa shape index (κ2) is 10.8. The first-order chi connectivity index (χ1) is 16.9. The minimum absolute atomic E-state index is 0.109. The number of carboxylic acid groups (broad SMARTS) is 1. The average Bonchev–Trinajstić information content (AvgIpc) is 3.19. The van der Waals surface area contributed by atoms with Crippen LogP contribution in [0.3, 0.4) is 0 Å². The number of alkyl carbamates (subject to hydrolysis) is 1. The van der Waals surface area contributed by atoms with E-state index in [0.29, 0.717) is 0 Å². The van der Waals surface area contributed by atoms with Crippen LogP contribution in [0.4, 0.5) is 4.79 Å². The quantitative estimate of drug-likeness (QED) is 0.459. The molecule has 0 saturated carbocycles. The van der Waals surface area contributed by atoms with E-state index in [4.69, 9.17) is 14.7 Å². The van der Waals surface area contributed by atoms with Gasteiger partial charge < -0.3 is 15.2 Å². The van der Waals surface area contributed by atoms with Crippen molar-refractivity contribution in [2.75, 3.05) is 20.3 Å². The molecule has 1 aliphatic carbocycles. The van der Waals surface area contributed by atoms with E-state index in [9.17, 15) is 14.4 Å². The fourth-order valence-corrected chi connectivity index (χ4v) is 4.27. The molecule has 3 aromatic rings. The summed E-state index contributed by atoms with van der Waals surface area (Å²) < 4.78 is 5.58. The highest BCUT2D eigenvalue weighted by Gasteiger charge is 2.30. The van der Waals surface area contributed by atoms with Gasteiger partial charge in [0.15, 0.2) is 6.61 Å². The van der Waals surface area contributed by atoms with E-state index in [1.807, 2.05) is 66.7 Å². The van der Waals surface area contributed by atoms with Crippen LogP contribution in [0.25, 0.3) is 11.1 Å². The number of likely N-dealkylation sites (N-methyl/N-ethyl adjacent to an activating group) is 1. The standard InChI is InChI=1S/C27H26N2O6/c1-29(35-17-25(30)31)26(32)24(15-18-9-3-2-4-10-18)28-27(33)34-16-23-21-13-7-5-11-19(21)20-12-6-8-14-22(20)23/h2-14,23-24H,15-17H2,1H3,(H,28,33)(H,30,31)/t24-/m0/s1. The van der Waals surface area contributed by atoms with Crippen LogP contribution in [0.2, 0.25) is 0 Å². The van der Waals surface area contributed by atoms with E-state index in [-0.39, 0.29) is 18.9 Å². The molecule has 180 valence electrons. The van der Waals surface area contributed by atoms with Gasteiger partial charge in [-0.3, -0.25) is 9.63 Å². The summed E-state index contributed by atoms with van der Waals surface area (Å²) in [4.78, 5) is 41.5. The summed E-state index contributed by atoms with van der Waals surface area (Å²) in [5.74, 6) is -1.92. The first-order valence-electron chi connectivity index (χ1n) is 11.2. The Bertz CT molecular complexity index is 1170. The minimum atomic E-state index is -1.21. The molecule has 8 nitrogen and oxygen atoms in total. The molecule has 1 atom stereocenters. The van der Waals surface area contributed by atoms with E-state index in [2.05, 4.69) is 17.4 Å². The van der Waals surface area contributed by atoms with Gasteiger partial charge in [0.1, 0.15) is 12.6 Å². The predicted octanol–water partition coefficient (Wildman–Crippen LogP) is 3.61. The van der Waals surface area contributed by atoms with Crippen molar-refractivity contribution in [2.45, 2.75) is 18.4 Å². The lowest BCUT2D eigenvalue weighted by molar-refractivity contribution is -0.187. The molecule has 0 bridgehead atoms. The second-order valence-corrected chi connectivity index (χ2v) is 8.22. The molecule has 0 aliphatic heterocycles. The van der Waals surface area contributed by atoms with E-state index in [1.54, 1.807) is 0 Å². The third kappa shape index (κ3) is 5.67. The fourth-order valence-electron chi connectivity index (χ4n) is 4.27. The third-order valence-electron chi connectivity index (χ3n) is 5.91. The molecule has 0 heterocycles. The molecule has 35 heavy (non-hydrogen) atoms. The van der Waals surface area contributed by atoms with E-state index in [1.165, 1.54) is 7.05 Å². The van der Waals surface area contributed by atoms with Crippen LogP contribution in [-0.4, -0.2) is 54.4 Å². The summed E-state index contributed by atoms with van der Waals surface area (Å²) >= 11 is 0. The number of rotatable bonds is 9. The Kier molecular flexibility index (Phi) is 7.42. The summed E-state index contributed by atoms with van der Waals surface area (Å²) in [5, 5.41) is 12.3. The third-order valence-corrected chi connectivity index (χ3v) is 5.91. The summed E-state index contributed by atoms with van der Waals surface area (Å²) in [6, 6.07) is 24.2. The Morgan fingerprint density at radius 1 is 0.914 bits per heavy atom. The Morgan fingerprint density at radius 2 is 1.49 bits per heavy atom. The molecular formula is C27H26N2O6. The first kappa shape index (κ1) is 24.0. The number of aliphatic carboxylic acids is 1. The van der Waals surface area contributed by atoms with Crippen LogP contribution in [-0.2, 0) is 25.6 Å². The zero-order valence-corrected chi connectivity index (χ0v) is 19.2. The smallest absolute Gasteiger partial charge is 0.407 e. The van der Waals surface area contributed by atoms with Gasteiger partial charge in [-0.05, 0) is 27.8 Å². The van der Waals surface area contributed by atoms with Gasteiger partial charge >= 0.3 is 12.1 Å². The molecule has 0 fully saturated rings. The van der Waals surface area contributed by atoms with Crippen molar-refractivity contribution in [3.05, 3.63) is 95.6 Å². The number of nitrogens with zero attached hydrogens (tertiary/aromatic N) is 1. The molecule has 0 saturated heterocycles. The molecular weight excluding hydrogens is 448 g/mol. The van der Waals surface area contributed by atoms with Crippen molar-refractivity contribution in [1.82, 2.24) is 10.4 Å². The largest absolute Gasteiger partial charge is 0.479 e. The molecule has 0 unspecified atom stereocenters. The molecule has 0 spiro atoms. The Hall–Kier alpha value is -4.17. The fraction of sp³-hybridized carbons (Fsp3) is 0.222. The normalized spacial score (nSPS) is 12.8. The molecule has 2 N–H and O–H groups in total. The van der Waals surface area contributed by atoms with Gasteiger partial charge in [-0.15, -0.1) is 0 Å². The average molecular weight is 475 g/mol. The van der Waals surface area contributed by atoms with Crippen molar-refractivity contribution in [3.8, 4) is 11.1 Å². The van der Waals surface area contributed by atoms with Crippen LogP contribution >= 0.6 is 0 Å². The van der Waals surface area contributed by atoms with Crippen LogP contribution in [0.1, 0.15) is 22.6 Å². The molecule has 0 radical (unpaired) electrons. The zero-order chi connectivity index (χ0) is 24.8. The van der Waals surface area contributed by atoms with Gasteiger partial charge in [-0.25, -0.2) is 14.7 Å². The topological polar surface area (TPSA) is 105 Å². The lowest BCUT2D eigenvalue weighted by Gasteiger charge is -2.24. The molecule has 4 rings (SSSR count). The Labute approximate surface area is 203 Å². The maximum atomic E-state index is 12.9. The lowest BCUT2D eigenvalue weighted by atomic mass is 9.98. The van der Waals surface area contributed by atoms with E-state index < -0.39 is 30.6 Å². The predicted molar refractivity (Wildman–Crippen MR) is 128 cm³/mol. The van der Waals surface area contributed by atoms with Crippen LogP contribution in [0.5, 0.6) is 0 Å². The summed E-state index contributed by atoms with van der Waals surface area (Å²) in [7, 11) is 1.31. The number of benzene rings is 3. The van der Waals surface area contributed by atoms with Gasteiger partial charge in [-0.2, -0.15) is 0 Å². The number of ether oxygens (including phenoxy) is 1. The van der Waals surface area contributed by atoms with Crippen LogP contribution in [0, 0.1) is 0 Å². The summed E-state index contributed by atoms with van der Waals surface area (Å²) in [5.41, 5.74) is 5.22.